The van der Waals surface area contributed by atoms with E-state index in [1.807, 2.05) is 30.3 Å². The minimum Gasteiger partial charge on any atom is -0.354 e. The molecule has 5 rings (SSSR count). The van der Waals surface area contributed by atoms with Crippen LogP contribution in [0.15, 0.2) is 47.6 Å². The van der Waals surface area contributed by atoms with Crippen molar-refractivity contribution in [1.82, 2.24) is 15.7 Å². The summed E-state index contributed by atoms with van der Waals surface area (Å²) >= 11 is 0. The van der Waals surface area contributed by atoms with Crippen LogP contribution in [0.5, 0.6) is 0 Å². The van der Waals surface area contributed by atoms with Gasteiger partial charge in [0.1, 0.15) is 5.69 Å². The summed E-state index contributed by atoms with van der Waals surface area (Å²) in [4.78, 5) is 40.6. The maximum Gasteiger partial charge on any atom is 0.272 e. The summed E-state index contributed by atoms with van der Waals surface area (Å²) in [6.07, 6.45) is 2.25. The normalized spacial score (nSPS) is 19.2. The molecule has 2 atom stereocenters. The average Bonchev–Trinajstić information content (AvgIpc) is 3.51. The molecule has 0 radical (unpaired) electrons. The lowest BCUT2D eigenvalue weighted by molar-refractivity contribution is -0.117. The van der Waals surface area contributed by atoms with Crippen LogP contribution in [0, 0.1) is 5.92 Å². The summed E-state index contributed by atoms with van der Waals surface area (Å²) in [5.74, 6) is -0.687. The summed E-state index contributed by atoms with van der Waals surface area (Å²) in [6, 6.07) is 13.3. The van der Waals surface area contributed by atoms with Crippen LogP contribution in [-0.2, 0) is 4.79 Å². The van der Waals surface area contributed by atoms with E-state index in [1.54, 1.807) is 12.1 Å². The molecule has 8 nitrogen and oxygen atoms in total. The smallest absolute Gasteiger partial charge is 0.272 e. The molecule has 0 saturated heterocycles. The van der Waals surface area contributed by atoms with E-state index >= 15 is 0 Å². The van der Waals surface area contributed by atoms with Crippen molar-refractivity contribution in [2.24, 2.45) is 11.0 Å². The highest BCUT2D eigenvalue weighted by Gasteiger charge is 2.43. The van der Waals surface area contributed by atoms with Crippen molar-refractivity contribution >= 4 is 40.5 Å². The van der Waals surface area contributed by atoms with Crippen LogP contribution >= 0.6 is 0 Å². The third-order valence-electron chi connectivity index (χ3n) is 5.62. The van der Waals surface area contributed by atoms with Crippen LogP contribution in [0.2, 0.25) is 0 Å². The van der Waals surface area contributed by atoms with Gasteiger partial charge in [-0.15, -0.1) is 0 Å². The Balaban J connectivity index is 1.48. The molecule has 2 aliphatic rings. The van der Waals surface area contributed by atoms with Crippen LogP contribution in [0.3, 0.4) is 0 Å². The van der Waals surface area contributed by atoms with Crippen molar-refractivity contribution in [2.45, 2.75) is 12.3 Å². The number of hydrazone groups is 1. The molecule has 1 saturated carbocycles. The third-order valence-corrected chi connectivity index (χ3v) is 5.62. The van der Waals surface area contributed by atoms with Gasteiger partial charge in [0.2, 0.25) is 5.91 Å². The van der Waals surface area contributed by atoms with Crippen molar-refractivity contribution in [1.29, 1.82) is 0 Å². The minimum absolute atomic E-state index is 0.0843. The Kier molecular flexibility index (Phi) is 4.13. The highest BCUT2D eigenvalue weighted by atomic mass is 16.2. The molecule has 30 heavy (non-hydrogen) atoms. The van der Waals surface area contributed by atoms with Gasteiger partial charge in [0.15, 0.2) is 0 Å². The number of nitrogens with one attached hydrogen (secondary N) is 4. The average molecular weight is 401 g/mol. The zero-order valence-corrected chi connectivity index (χ0v) is 16.2. The number of amides is 3. The number of hydrogen-bond acceptors (Lipinski definition) is 4. The molecule has 0 spiro atoms. The maximum atomic E-state index is 12.8. The van der Waals surface area contributed by atoms with Gasteiger partial charge >= 0.3 is 0 Å². The second-order valence-electron chi connectivity index (χ2n) is 7.49. The number of rotatable bonds is 4. The van der Waals surface area contributed by atoms with Crippen LogP contribution in [0.1, 0.15) is 44.3 Å². The van der Waals surface area contributed by atoms with E-state index < -0.39 is 5.91 Å². The number of nitrogens with zero attached hydrogens (tertiary/aromatic N) is 1. The Hall–Kier alpha value is -3.94. The number of carbonyl (C=O) groups is 3. The number of hydrogen-bond donors (Lipinski definition) is 4. The second kappa shape index (κ2) is 6.84. The predicted octanol–water partition coefficient (Wildman–Crippen LogP) is 2.35. The summed E-state index contributed by atoms with van der Waals surface area (Å²) in [5.41, 5.74) is 5.85. The molecule has 3 amide bonds. The molecule has 1 aliphatic carbocycles. The Morgan fingerprint density at radius 1 is 1.17 bits per heavy atom. The molecule has 1 aliphatic heterocycles. The fraction of sp³-hybridized carbons (Fsp3) is 0.182. The molecular weight excluding hydrogens is 382 g/mol. The highest BCUT2D eigenvalue weighted by Crippen LogP contribution is 2.48. The first-order chi connectivity index (χ1) is 14.6. The number of anilines is 1. The lowest BCUT2D eigenvalue weighted by Gasteiger charge is -2.08. The van der Waals surface area contributed by atoms with Crippen molar-refractivity contribution in [3.05, 3.63) is 64.8 Å². The number of benzene rings is 2. The van der Waals surface area contributed by atoms with E-state index in [-0.39, 0.29) is 23.7 Å². The number of carbonyl (C=O) groups excluding carboxylic acids is 3. The molecule has 150 valence electrons. The van der Waals surface area contributed by atoms with Gasteiger partial charge in [-0.1, -0.05) is 30.3 Å². The monoisotopic (exact) mass is 401 g/mol. The van der Waals surface area contributed by atoms with Crippen LogP contribution in [0.4, 0.5) is 5.69 Å². The zero-order valence-electron chi connectivity index (χ0n) is 16.2. The van der Waals surface area contributed by atoms with Gasteiger partial charge in [-0.25, -0.2) is 5.43 Å². The topological polar surface area (TPSA) is 115 Å². The molecule has 0 unspecified atom stereocenters. The summed E-state index contributed by atoms with van der Waals surface area (Å²) in [7, 11) is 1.53. The Morgan fingerprint density at radius 3 is 2.73 bits per heavy atom. The standard InChI is InChI=1S/C22H19N5O3/c1-23-22(30)19-16-10-24-27-21(29)15-7-12(8-17(26-19)18(15)16)25-20(28)14-9-13(14)11-5-3-2-4-6-11/h2-8,10,13-14,26H,9H2,1H3,(H,23,30)(H,25,28)(H,27,29)/t13-,14+/m0/s1. The van der Waals surface area contributed by atoms with Crippen LogP contribution < -0.4 is 16.1 Å². The summed E-state index contributed by atoms with van der Waals surface area (Å²) < 4.78 is 0. The molecule has 3 aromatic rings. The quantitative estimate of drug-likeness (QED) is 0.538. The third kappa shape index (κ3) is 2.93. The van der Waals surface area contributed by atoms with E-state index in [4.69, 9.17) is 0 Å². The van der Waals surface area contributed by atoms with Gasteiger partial charge < -0.3 is 15.6 Å². The fourth-order valence-corrected chi connectivity index (χ4v) is 4.05. The lowest BCUT2D eigenvalue weighted by atomic mass is 10.0. The highest BCUT2D eigenvalue weighted by molar-refractivity contribution is 6.19. The molecule has 4 N–H and O–H groups in total. The fourth-order valence-electron chi connectivity index (χ4n) is 4.05. The summed E-state index contributed by atoms with van der Waals surface area (Å²) in [6.45, 7) is 0. The lowest BCUT2D eigenvalue weighted by Crippen LogP contribution is -2.19. The largest absolute Gasteiger partial charge is 0.354 e. The first kappa shape index (κ1) is 18.1. The number of aromatic amines is 1. The van der Waals surface area contributed by atoms with Crippen LogP contribution in [-0.4, -0.2) is 36.0 Å². The van der Waals surface area contributed by atoms with E-state index in [0.717, 1.165) is 12.0 Å². The first-order valence-electron chi connectivity index (χ1n) is 9.68. The molecular formula is C22H19N5O3. The molecule has 1 fully saturated rings. The van der Waals surface area contributed by atoms with Gasteiger partial charge in [0, 0.05) is 35.1 Å². The maximum absolute atomic E-state index is 12.8. The van der Waals surface area contributed by atoms with E-state index in [2.05, 4.69) is 26.1 Å². The Labute approximate surface area is 171 Å². The Morgan fingerprint density at radius 2 is 1.97 bits per heavy atom. The number of aromatic nitrogens is 1. The van der Waals surface area contributed by atoms with Crippen molar-refractivity contribution in [2.75, 3.05) is 12.4 Å². The van der Waals surface area contributed by atoms with E-state index in [1.165, 1.54) is 13.3 Å². The predicted molar refractivity (Wildman–Crippen MR) is 113 cm³/mol. The van der Waals surface area contributed by atoms with Gasteiger partial charge in [0.05, 0.1) is 11.8 Å². The van der Waals surface area contributed by atoms with Gasteiger partial charge in [-0.05, 0) is 30.0 Å². The first-order valence-corrected chi connectivity index (χ1v) is 9.68. The summed E-state index contributed by atoms with van der Waals surface area (Å²) in [5, 5.41) is 10.0. The van der Waals surface area contributed by atoms with Gasteiger partial charge in [0.25, 0.3) is 11.8 Å². The zero-order chi connectivity index (χ0) is 20.8. The van der Waals surface area contributed by atoms with Gasteiger partial charge in [-0.3, -0.25) is 14.4 Å². The second-order valence-corrected chi connectivity index (χ2v) is 7.49. The van der Waals surface area contributed by atoms with Crippen molar-refractivity contribution in [3.8, 4) is 0 Å². The minimum atomic E-state index is -0.401. The molecule has 2 aromatic carbocycles. The number of H-pyrrole nitrogens is 1. The van der Waals surface area contributed by atoms with Crippen LogP contribution in [0.25, 0.3) is 10.9 Å². The van der Waals surface area contributed by atoms with Crippen molar-refractivity contribution < 1.29 is 14.4 Å². The Bertz CT molecular complexity index is 1230. The van der Waals surface area contributed by atoms with Crippen molar-refractivity contribution in [3.63, 3.8) is 0 Å². The molecule has 8 heteroatoms. The van der Waals surface area contributed by atoms with E-state index in [9.17, 15) is 14.4 Å². The molecule has 2 heterocycles. The molecule has 0 bridgehead atoms. The SMILES string of the molecule is CNC(=O)c1[nH]c2cc(NC(=O)[C@@H]3C[C@H]3c3ccccc3)cc3c2c1C=NNC3=O. The van der Waals surface area contributed by atoms with E-state index in [0.29, 0.717) is 33.4 Å². The molecule has 1 aromatic heterocycles. The van der Waals surface area contributed by atoms with Gasteiger partial charge in [-0.2, -0.15) is 5.10 Å².